The quantitative estimate of drug-likeness (QED) is 0.865. The summed E-state index contributed by atoms with van der Waals surface area (Å²) >= 11 is 0. The Labute approximate surface area is 113 Å². The van der Waals surface area contributed by atoms with Crippen molar-refractivity contribution in [1.29, 1.82) is 0 Å². The van der Waals surface area contributed by atoms with Crippen molar-refractivity contribution in [3.63, 3.8) is 0 Å². The molecule has 1 heterocycles. The normalized spacial score (nSPS) is 12.3. The molecule has 1 atom stereocenters. The van der Waals surface area contributed by atoms with E-state index in [4.69, 9.17) is 0 Å². The summed E-state index contributed by atoms with van der Waals surface area (Å²) < 4.78 is 0. The van der Waals surface area contributed by atoms with Crippen LogP contribution in [-0.2, 0) is 4.79 Å². The van der Waals surface area contributed by atoms with Crippen LogP contribution >= 0.6 is 0 Å². The van der Waals surface area contributed by atoms with Crippen molar-refractivity contribution in [3.8, 4) is 0 Å². The highest BCUT2D eigenvalue weighted by molar-refractivity contribution is 6.01. The van der Waals surface area contributed by atoms with Crippen LogP contribution in [0.15, 0.2) is 36.5 Å². The molecule has 0 aliphatic heterocycles. The zero-order valence-electron chi connectivity index (χ0n) is 11.3. The van der Waals surface area contributed by atoms with Gasteiger partial charge in [-0.1, -0.05) is 13.0 Å². The van der Waals surface area contributed by atoms with Crippen LogP contribution in [0.25, 0.3) is 10.9 Å². The minimum atomic E-state index is -0.0309. The van der Waals surface area contributed by atoms with Gasteiger partial charge in [0.15, 0.2) is 0 Å². The molecule has 0 spiro atoms. The second kappa shape index (κ2) is 6.29. The molecule has 0 aliphatic rings. The highest BCUT2D eigenvalue weighted by Crippen LogP contribution is 2.20. The van der Waals surface area contributed by atoms with E-state index in [0.717, 1.165) is 23.0 Å². The molecule has 2 rings (SSSR count). The number of anilines is 1. The predicted octanol–water partition coefficient (Wildman–Crippen LogP) is 2.56. The molecular formula is C15H19N3O. The number of aromatic nitrogens is 1. The number of rotatable bonds is 5. The van der Waals surface area contributed by atoms with E-state index in [9.17, 15) is 4.79 Å². The minimum absolute atomic E-state index is 0.0309. The fourth-order valence-electron chi connectivity index (χ4n) is 1.82. The molecular weight excluding hydrogens is 238 g/mol. The van der Waals surface area contributed by atoms with E-state index in [-0.39, 0.29) is 5.91 Å². The molecule has 0 aliphatic carbocycles. The van der Waals surface area contributed by atoms with Gasteiger partial charge >= 0.3 is 0 Å². The van der Waals surface area contributed by atoms with Crippen LogP contribution < -0.4 is 10.6 Å². The second-order valence-corrected chi connectivity index (χ2v) is 4.61. The highest BCUT2D eigenvalue weighted by Gasteiger charge is 2.07. The third-order valence-corrected chi connectivity index (χ3v) is 3.14. The smallest absolute Gasteiger partial charge is 0.238 e. The zero-order chi connectivity index (χ0) is 13.7. The maximum absolute atomic E-state index is 11.9. The Balaban J connectivity index is 2.07. The molecule has 0 fully saturated rings. The maximum atomic E-state index is 11.9. The van der Waals surface area contributed by atoms with Crippen molar-refractivity contribution < 1.29 is 4.79 Å². The Bertz CT molecular complexity index is 563. The van der Waals surface area contributed by atoms with Gasteiger partial charge in [0.05, 0.1) is 17.7 Å². The lowest BCUT2D eigenvalue weighted by atomic mass is 10.2. The van der Waals surface area contributed by atoms with E-state index in [2.05, 4.69) is 29.5 Å². The number of carbonyl (C=O) groups is 1. The summed E-state index contributed by atoms with van der Waals surface area (Å²) in [7, 11) is 0. The van der Waals surface area contributed by atoms with Crippen LogP contribution in [0.2, 0.25) is 0 Å². The van der Waals surface area contributed by atoms with Crippen LogP contribution in [0.4, 0.5) is 5.69 Å². The van der Waals surface area contributed by atoms with Crippen molar-refractivity contribution in [1.82, 2.24) is 10.3 Å². The molecule has 100 valence electrons. The molecule has 0 bridgehead atoms. The number of amides is 1. The number of nitrogens with one attached hydrogen (secondary N) is 2. The van der Waals surface area contributed by atoms with Crippen LogP contribution in [0.3, 0.4) is 0 Å². The van der Waals surface area contributed by atoms with E-state index in [0.29, 0.717) is 12.6 Å². The number of hydrogen-bond acceptors (Lipinski definition) is 3. The van der Waals surface area contributed by atoms with Crippen molar-refractivity contribution in [2.75, 3.05) is 11.9 Å². The third-order valence-electron chi connectivity index (χ3n) is 3.14. The van der Waals surface area contributed by atoms with Crippen molar-refractivity contribution in [2.45, 2.75) is 26.3 Å². The largest absolute Gasteiger partial charge is 0.324 e. The van der Waals surface area contributed by atoms with Gasteiger partial charge in [-0.25, -0.2) is 0 Å². The standard InChI is InChI=1S/C15H19N3O/c1-3-11(2)17-10-15(19)18-14-8-4-7-13-12(14)6-5-9-16-13/h4-9,11,17H,3,10H2,1-2H3,(H,18,19). The summed E-state index contributed by atoms with van der Waals surface area (Å²) in [4.78, 5) is 16.2. The van der Waals surface area contributed by atoms with Gasteiger partial charge in [0.2, 0.25) is 5.91 Å². The van der Waals surface area contributed by atoms with Gasteiger partial charge in [-0.15, -0.1) is 0 Å². The van der Waals surface area contributed by atoms with Crippen LogP contribution in [0.1, 0.15) is 20.3 Å². The van der Waals surface area contributed by atoms with Gasteiger partial charge in [0.1, 0.15) is 0 Å². The average molecular weight is 257 g/mol. The monoisotopic (exact) mass is 257 g/mol. The van der Waals surface area contributed by atoms with E-state index < -0.39 is 0 Å². The van der Waals surface area contributed by atoms with Crippen molar-refractivity contribution >= 4 is 22.5 Å². The van der Waals surface area contributed by atoms with Crippen LogP contribution in [0.5, 0.6) is 0 Å². The Morgan fingerprint density at radius 2 is 2.16 bits per heavy atom. The van der Waals surface area contributed by atoms with E-state index in [1.807, 2.05) is 30.3 Å². The van der Waals surface area contributed by atoms with E-state index in [1.54, 1.807) is 6.20 Å². The number of benzene rings is 1. The zero-order valence-corrected chi connectivity index (χ0v) is 11.3. The van der Waals surface area contributed by atoms with Gasteiger partial charge < -0.3 is 10.6 Å². The molecule has 2 N–H and O–H groups in total. The van der Waals surface area contributed by atoms with Gasteiger partial charge in [-0.3, -0.25) is 9.78 Å². The summed E-state index contributed by atoms with van der Waals surface area (Å²) in [5, 5.41) is 7.06. The minimum Gasteiger partial charge on any atom is -0.324 e. The first-order chi connectivity index (χ1) is 9.20. The van der Waals surface area contributed by atoms with Gasteiger partial charge in [-0.2, -0.15) is 0 Å². The number of pyridine rings is 1. The first kappa shape index (κ1) is 13.5. The number of carbonyl (C=O) groups excluding carboxylic acids is 1. The SMILES string of the molecule is CCC(C)NCC(=O)Nc1cccc2ncccc12. The molecule has 4 heteroatoms. The fraction of sp³-hybridized carbons (Fsp3) is 0.333. The first-order valence-corrected chi connectivity index (χ1v) is 6.57. The summed E-state index contributed by atoms with van der Waals surface area (Å²) in [5.74, 6) is -0.0309. The average Bonchev–Trinajstić information content (AvgIpc) is 2.45. The van der Waals surface area contributed by atoms with Crippen molar-refractivity contribution in [3.05, 3.63) is 36.5 Å². The Morgan fingerprint density at radius 1 is 1.32 bits per heavy atom. The predicted molar refractivity (Wildman–Crippen MR) is 78.1 cm³/mol. The summed E-state index contributed by atoms with van der Waals surface area (Å²) in [5.41, 5.74) is 1.69. The summed E-state index contributed by atoms with van der Waals surface area (Å²) in [6.45, 7) is 4.48. The number of hydrogen-bond donors (Lipinski definition) is 2. The first-order valence-electron chi connectivity index (χ1n) is 6.57. The molecule has 19 heavy (non-hydrogen) atoms. The highest BCUT2D eigenvalue weighted by atomic mass is 16.1. The molecule has 0 radical (unpaired) electrons. The lowest BCUT2D eigenvalue weighted by Gasteiger charge is -2.12. The number of fused-ring (bicyclic) bond motifs is 1. The maximum Gasteiger partial charge on any atom is 0.238 e. The Kier molecular flexibility index (Phi) is 4.47. The molecule has 1 amide bonds. The summed E-state index contributed by atoms with van der Waals surface area (Å²) in [6, 6.07) is 9.90. The third kappa shape index (κ3) is 3.51. The summed E-state index contributed by atoms with van der Waals surface area (Å²) in [6.07, 6.45) is 2.75. The lowest BCUT2D eigenvalue weighted by Crippen LogP contribution is -2.33. The molecule has 1 aromatic heterocycles. The molecule has 1 unspecified atom stereocenters. The fourth-order valence-corrected chi connectivity index (χ4v) is 1.82. The van der Waals surface area contributed by atoms with Crippen molar-refractivity contribution in [2.24, 2.45) is 0 Å². The molecule has 1 aromatic carbocycles. The second-order valence-electron chi connectivity index (χ2n) is 4.61. The number of nitrogens with zero attached hydrogens (tertiary/aromatic N) is 1. The lowest BCUT2D eigenvalue weighted by molar-refractivity contribution is -0.115. The Hall–Kier alpha value is -1.94. The van der Waals surface area contributed by atoms with E-state index >= 15 is 0 Å². The van der Waals surface area contributed by atoms with Crippen LogP contribution in [-0.4, -0.2) is 23.5 Å². The van der Waals surface area contributed by atoms with Gasteiger partial charge in [0, 0.05) is 17.6 Å². The van der Waals surface area contributed by atoms with Gasteiger partial charge in [0.25, 0.3) is 0 Å². The Morgan fingerprint density at radius 3 is 2.95 bits per heavy atom. The molecule has 0 saturated carbocycles. The topological polar surface area (TPSA) is 54.0 Å². The molecule has 4 nitrogen and oxygen atoms in total. The van der Waals surface area contributed by atoms with Crippen LogP contribution in [0, 0.1) is 0 Å². The molecule has 0 saturated heterocycles. The van der Waals surface area contributed by atoms with E-state index in [1.165, 1.54) is 0 Å². The molecule has 2 aromatic rings. The van der Waals surface area contributed by atoms with Gasteiger partial charge in [-0.05, 0) is 37.6 Å².